The van der Waals surface area contributed by atoms with Gasteiger partial charge in [-0.05, 0) is 56.8 Å². The number of aromatic nitrogens is 2. The van der Waals surface area contributed by atoms with Gasteiger partial charge in [-0.25, -0.2) is 0 Å². The monoisotopic (exact) mass is 313 g/mol. The molecule has 0 saturated heterocycles. The van der Waals surface area contributed by atoms with E-state index in [1.807, 2.05) is 33.0 Å². The summed E-state index contributed by atoms with van der Waals surface area (Å²) in [6, 6.07) is 4.20. The molecule has 1 aliphatic rings. The molecule has 3 rings (SSSR count). The number of aryl methyl sites for hydroxylation is 2. The molecule has 122 valence electrons. The van der Waals surface area contributed by atoms with E-state index in [1.165, 1.54) is 22.0 Å². The van der Waals surface area contributed by atoms with Gasteiger partial charge in [-0.2, -0.15) is 0 Å². The standard InChI is InChI=1S/C18H23N3O2/c1-4-21-18(23)14(10-20-21)17(22)13-9-8-12-6-5-7-15(19-3)16(12)11(13)2/h8-10,15,19-20H,4-7H2,1-3H3. The van der Waals surface area contributed by atoms with Gasteiger partial charge in [0.2, 0.25) is 0 Å². The van der Waals surface area contributed by atoms with Gasteiger partial charge < -0.3 is 10.4 Å². The van der Waals surface area contributed by atoms with Crippen molar-refractivity contribution in [3.05, 3.63) is 56.5 Å². The Kier molecular flexibility index (Phi) is 4.22. The molecule has 1 aromatic carbocycles. The smallest absolute Gasteiger partial charge is 0.277 e. The Morgan fingerprint density at radius 1 is 1.39 bits per heavy atom. The van der Waals surface area contributed by atoms with E-state index in [4.69, 9.17) is 0 Å². The lowest BCUT2D eigenvalue weighted by molar-refractivity contribution is 0.103. The maximum atomic E-state index is 12.8. The van der Waals surface area contributed by atoms with Crippen LogP contribution >= 0.6 is 0 Å². The highest BCUT2D eigenvalue weighted by molar-refractivity contribution is 6.09. The maximum Gasteiger partial charge on any atom is 0.277 e. The highest BCUT2D eigenvalue weighted by Crippen LogP contribution is 2.34. The summed E-state index contributed by atoms with van der Waals surface area (Å²) in [4.78, 5) is 25.1. The molecular weight excluding hydrogens is 290 g/mol. The number of hydrogen-bond acceptors (Lipinski definition) is 3. The highest BCUT2D eigenvalue weighted by atomic mass is 16.2. The Hall–Kier alpha value is -2.14. The number of hydrogen-bond donors (Lipinski definition) is 2. The molecule has 1 aliphatic carbocycles. The van der Waals surface area contributed by atoms with Gasteiger partial charge in [0.1, 0.15) is 5.56 Å². The summed E-state index contributed by atoms with van der Waals surface area (Å²) in [5, 5.41) is 6.20. The van der Waals surface area contributed by atoms with Crippen molar-refractivity contribution in [2.24, 2.45) is 0 Å². The van der Waals surface area contributed by atoms with Crippen LogP contribution in [0.2, 0.25) is 0 Å². The van der Waals surface area contributed by atoms with Crippen molar-refractivity contribution in [2.45, 2.75) is 45.7 Å². The Bertz CT molecular complexity index is 801. The fourth-order valence-corrected chi connectivity index (χ4v) is 3.61. The van der Waals surface area contributed by atoms with Gasteiger partial charge in [-0.15, -0.1) is 0 Å². The van der Waals surface area contributed by atoms with Crippen LogP contribution < -0.4 is 10.9 Å². The van der Waals surface area contributed by atoms with Crippen LogP contribution in [0.15, 0.2) is 23.1 Å². The first-order chi connectivity index (χ1) is 11.1. The molecule has 0 fully saturated rings. The molecule has 5 heteroatoms. The molecule has 0 spiro atoms. The largest absolute Gasteiger partial charge is 0.313 e. The zero-order valence-electron chi connectivity index (χ0n) is 13.9. The van der Waals surface area contributed by atoms with Gasteiger partial charge in [0.25, 0.3) is 5.56 Å². The summed E-state index contributed by atoms with van der Waals surface area (Å²) in [7, 11) is 1.96. The first-order valence-corrected chi connectivity index (χ1v) is 8.21. The lowest BCUT2D eigenvalue weighted by Gasteiger charge is -2.28. The average molecular weight is 313 g/mol. The summed E-state index contributed by atoms with van der Waals surface area (Å²) < 4.78 is 1.44. The van der Waals surface area contributed by atoms with Crippen molar-refractivity contribution in [3.63, 3.8) is 0 Å². The predicted molar refractivity (Wildman–Crippen MR) is 90.1 cm³/mol. The van der Waals surface area contributed by atoms with Crippen molar-refractivity contribution < 1.29 is 4.79 Å². The molecule has 0 amide bonds. The van der Waals surface area contributed by atoms with Gasteiger partial charge in [0.05, 0.1) is 0 Å². The number of H-pyrrole nitrogens is 1. The quantitative estimate of drug-likeness (QED) is 0.851. The number of rotatable bonds is 4. The normalized spacial score (nSPS) is 17.1. The van der Waals surface area contributed by atoms with Crippen LogP contribution in [-0.2, 0) is 13.0 Å². The van der Waals surface area contributed by atoms with E-state index in [-0.39, 0.29) is 22.9 Å². The van der Waals surface area contributed by atoms with E-state index >= 15 is 0 Å². The number of nitrogens with zero attached hydrogens (tertiary/aromatic N) is 1. The maximum absolute atomic E-state index is 12.8. The second kappa shape index (κ2) is 6.16. The zero-order valence-corrected chi connectivity index (χ0v) is 13.9. The van der Waals surface area contributed by atoms with Crippen LogP contribution in [0.4, 0.5) is 0 Å². The van der Waals surface area contributed by atoms with Crippen molar-refractivity contribution in [1.82, 2.24) is 15.1 Å². The molecule has 2 N–H and O–H groups in total. The van der Waals surface area contributed by atoms with Crippen LogP contribution in [-0.4, -0.2) is 22.6 Å². The topological polar surface area (TPSA) is 66.9 Å². The van der Waals surface area contributed by atoms with Crippen LogP contribution in [0.25, 0.3) is 0 Å². The van der Waals surface area contributed by atoms with E-state index in [9.17, 15) is 9.59 Å². The third kappa shape index (κ3) is 2.55. The lowest BCUT2D eigenvalue weighted by Crippen LogP contribution is -2.25. The fourth-order valence-electron chi connectivity index (χ4n) is 3.61. The van der Waals surface area contributed by atoms with Gasteiger partial charge in [-0.1, -0.05) is 12.1 Å². The Balaban J connectivity index is 2.08. The van der Waals surface area contributed by atoms with Crippen LogP contribution in [0.1, 0.15) is 58.4 Å². The Morgan fingerprint density at radius 2 is 2.17 bits per heavy atom. The van der Waals surface area contributed by atoms with Crippen molar-refractivity contribution in [1.29, 1.82) is 0 Å². The SMILES string of the molecule is CCn1[nH]cc(C(=O)c2ccc3c(c2C)C(NC)CCC3)c1=O. The molecule has 0 radical (unpaired) electrons. The van der Waals surface area contributed by atoms with Gasteiger partial charge >= 0.3 is 0 Å². The molecule has 0 saturated carbocycles. The lowest BCUT2D eigenvalue weighted by atomic mass is 9.82. The molecule has 0 bridgehead atoms. The number of fused-ring (bicyclic) bond motifs is 1. The summed E-state index contributed by atoms with van der Waals surface area (Å²) >= 11 is 0. The molecule has 1 atom stereocenters. The molecule has 1 heterocycles. The molecule has 1 aromatic heterocycles. The number of carbonyl (C=O) groups is 1. The Labute approximate surface area is 135 Å². The molecule has 5 nitrogen and oxygen atoms in total. The number of aromatic amines is 1. The summed E-state index contributed by atoms with van der Waals surface area (Å²) in [6.45, 7) is 4.39. The molecule has 1 unspecified atom stereocenters. The minimum Gasteiger partial charge on any atom is -0.313 e. The number of ketones is 1. The van der Waals surface area contributed by atoms with Crippen LogP contribution in [0.3, 0.4) is 0 Å². The van der Waals surface area contributed by atoms with Gasteiger partial charge in [0, 0.05) is 24.3 Å². The number of benzene rings is 1. The predicted octanol–water partition coefficient (Wildman–Crippen LogP) is 2.33. The first-order valence-electron chi connectivity index (χ1n) is 8.21. The summed E-state index contributed by atoms with van der Waals surface area (Å²) in [5.41, 5.74) is 4.13. The van der Waals surface area contributed by atoms with Gasteiger partial charge in [0.15, 0.2) is 5.78 Å². The molecule has 23 heavy (non-hydrogen) atoms. The van der Waals surface area contributed by atoms with Crippen molar-refractivity contribution in [2.75, 3.05) is 7.05 Å². The zero-order chi connectivity index (χ0) is 16.6. The third-order valence-corrected chi connectivity index (χ3v) is 4.89. The van der Waals surface area contributed by atoms with E-state index < -0.39 is 0 Å². The second-order valence-electron chi connectivity index (χ2n) is 6.11. The Morgan fingerprint density at radius 3 is 2.83 bits per heavy atom. The van der Waals surface area contributed by atoms with E-state index in [0.29, 0.717) is 12.1 Å². The highest BCUT2D eigenvalue weighted by Gasteiger charge is 2.25. The van der Waals surface area contributed by atoms with Gasteiger partial charge in [-0.3, -0.25) is 14.3 Å². The minimum atomic E-state index is -0.250. The van der Waals surface area contributed by atoms with Crippen LogP contribution in [0.5, 0.6) is 0 Å². The van der Waals surface area contributed by atoms with E-state index in [2.05, 4.69) is 10.4 Å². The molecule has 2 aromatic rings. The van der Waals surface area contributed by atoms with E-state index in [0.717, 1.165) is 24.8 Å². The number of nitrogens with one attached hydrogen (secondary N) is 2. The average Bonchev–Trinajstić information content (AvgIpc) is 2.94. The third-order valence-electron chi connectivity index (χ3n) is 4.89. The molecular formula is C18H23N3O2. The molecule has 0 aliphatic heterocycles. The first kappa shape index (κ1) is 15.7. The minimum absolute atomic E-state index is 0.195. The van der Waals surface area contributed by atoms with E-state index in [1.54, 1.807) is 0 Å². The van der Waals surface area contributed by atoms with Crippen molar-refractivity contribution >= 4 is 5.78 Å². The van der Waals surface area contributed by atoms with Crippen molar-refractivity contribution in [3.8, 4) is 0 Å². The second-order valence-corrected chi connectivity index (χ2v) is 6.11. The van der Waals surface area contributed by atoms with Crippen LogP contribution in [0, 0.1) is 6.92 Å². The fraction of sp³-hybridized carbons (Fsp3) is 0.444. The summed E-state index contributed by atoms with van der Waals surface area (Å²) in [5.74, 6) is -0.195. The number of carbonyl (C=O) groups excluding carboxylic acids is 1. The summed E-state index contributed by atoms with van der Waals surface area (Å²) in [6.07, 6.45) is 4.80.